The Balaban J connectivity index is 2.36. The van der Waals surface area contributed by atoms with E-state index in [-0.39, 0.29) is 4.90 Å². The Morgan fingerprint density at radius 1 is 1.05 bits per heavy atom. The predicted molar refractivity (Wildman–Crippen MR) is 78.6 cm³/mol. The minimum Gasteiger partial charge on any atom is -0.768 e. The Hall–Kier alpha value is -2.05. The zero-order valence-corrected chi connectivity index (χ0v) is 12.0. The van der Waals surface area contributed by atoms with E-state index in [2.05, 4.69) is 10.2 Å². The molecule has 0 aliphatic heterocycles. The van der Waals surface area contributed by atoms with Gasteiger partial charge in [-0.2, -0.15) is 5.11 Å². The lowest BCUT2D eigenvalue weighted by Crippen LogP contribution is -2.09. The molecule has 0 aromatic heterocycles. The van der Waals surface area contributed by atoms with Gasteiger partial charge >= 0.3 is 0 Å². The lowest BCUT2D eigenvalue weighted by Gasteiger charge is -2.16. The molecule has 1 unspecified atom stereocenters. The number of hydrogen-bond acceptors (Lipinski definition) is 5. The van der Waals surface area contributed by atoms with Crippen LogP contribution in [0.2, 0.25) is 0 Å². The molecule has 0 spiro atoms. The van der Waals surface area contributed by atoms with Crippen molar-refractivity contribution in [3.05, 3.63) is 48.5 Å². The van der Waals surface area contributed by atoms with Crippen molar-refractivity contribution in [1.82, 2.24) is 0 Å². The molecule has 5 nitrogen and oxygen atoms in total. The van der Waals surface area contributed by atoms with Gasteiger partial charge in [0.05, 0.1) is 11.4 Å². The molecule has 0 amide bonds. The van der Waals surface area contributed by atoms with Crippen LogP contribution in [0, 0.1) is 0 Å². The van der Waals surface area contributed by atoms with Gasteiger partial charge in [0.15, 0.2) is 0 Å². The molecule has 0 N–H and O–H groups in total. The SMILES string of the molecule is CN(C)c1cc(S(=O)[O-])ccc1N=Nc1ccccc1. The van der Waals surface area contributed by atoms with Crippen molar-refractivity contribution in [3.63, 3.8) is 0 Å². The van der Waals surface area contributed by atoms with Gasteiger partial charge in [-0.1, -0.05) is 18.2 Å². The molecule has 0 saturated heterocycles. The molecule has 0 bridgehead atoms. The minimum atomic E-state index is -2.25. The van der Waals surface area contributed by atoms with E-state index in [9.17, 15) is 8.76 Å². The first kappa shape index (κ1) is 14.4. The molecule has 2 aromatic carbocycles. The van der Waals surface area contributed by atoms with Gasteiger partial charge in [0.1, 0.15) is 5.69 Å². The second kappa shape index (κ2) is 6.40. The monoisotopic (exact) mass is 288 g/mol. The van der Waals surface area contributed by atoms with E-state index in [0.29, 0.717) is 11.4 Å². The van der Waals surface area contributed by atoms with Crippen molar-refractivity contribution in [3.8, 4) is 0 Å². The maximum absolute atomic E-state index is 11.0. The summed E-state index contributed by atoms with van der Waals surface area (Å²) in [7, 11) is 3.66. The van der Waals surface area contributed by atoms with Crippen molar-refractivity contribution in [2.75, 3.05) is 19.0 Å². The first-order chi connectivity index (χ1) is 9.58. The molecule has 6 heteroatoms. The Morgan fingerprint density at radius 3 is 2.35 bits per heavy atom. The van der Waals surface area contributed by atoms with Gasteiger partial charge < -0.3 is 9.45 Å². The highest BCUT2D eigenvalue weighted by Crippen LogP contribution is 2.30. The molecule has 0 aliphatic carbocycles. The van der Waals surface area contributed by atoms with E-state index in [1.807, 2.05) is 44.4 Å². The van der Waals surface area contributed by atoms with Crippen LogP contribution in [0.1, 0.15) is 0 Å². The minimum absolute atomic E-state index is 0.229. The van der Waals surface area contributed by atoms with Gasteiger partial charge in [-0.3, -0.25) is 4.21 Å². The average molecular weight is 288 g/mol. The maximum atomic E-state index is 11.0. The van der Waals surface area contributed by atoms with Crippen LogP contribution in [0.25, 0.3) is 0 Å². The van der Waals surface area contributed by atoms with Crippen LogP contribution in [0.4, 0.5) is 17.1 Å². The average Bonchev–Trinajstić information content (AvgIpc) is 2.45. The van der Waals surface area contributed by atoms with Gasteiger partial charge in [0, 0.05) is 19.0 Å². The van der Waals surface area contributed by atoms with Crippen LogP contribution in [0.3, 0.4) is 0 Å². The van der Waals surface area contributed by atoms with E-state index in [4.69, 9.17) is 0 Å². The second-order valence-electron chi connectivity index (χ2n) is 4.32. The molecular formula is C14H14N3O2S-. The first-order valence-corrected chi connectivity index (χ1v) is 7.03. The predicted octanol–water partition coefficient (Wildman–Crippen LogP) is 3.41. The number of hydrogen-bond donors (Lipinski definition) is 0. The van der Waals surface area contributed by atoms with Crippen molar-refractivity contribution in [1.29, 1.82) is 0 Å². The molecule has 0 heterocycles. The van der Waals surface area contributed by atoms with Crippen molar-refractivity contribution < 1.29 is 8.76 Å². The molecule has 104 valence electrons. The quantitative estimate of drug-likeness (QED) is 0.639. The van der Waals surface area contributed by atoms with Gasteiger partial charge in [0.2, 0.25) is 0 Å². The largest absolute Gasteiger partial charge is 0.768 e. The van der Waals surface area contributed by atoms with Crippen molar-refractivity contribution in [2.45, 2.75) is 4.90 Å². The summed E-state index contributed by atoms with van der Waals surface area (Å²) in [5.41, 5.74) is 2.06. The van der Waals surface area contributed by atoms with Crippen LogP contribution < -0.4 is 4.90 Å². The lowest BCUT2D eigenvalue weighted by molar-refractivity contribution is 0.537. The smallest absolute Gasteiger partial charge is 0.109 e. The van der Waals surface area contributed by atoms with Crippen LogP contribution in [-0.4, -0.2) is 22.9 Å². The van der Waals surface area contributed by atoms with E-state index < -0.39 is 11.1 Å². The molecule has 0 saturated carbocycles. The van der Waals surface area contributed by atoms with Crippen LogP contribution in [0.5, 0.6) is 0 Å². The third-order valence-electron chi connectivity index (χ3n) is 2.65. The number of anilines is 1. The molecule has 2 aromatic rings. The number of nitrogens with zero attached hydrogens (tertiary/aromatic N) is 3. The van der Waals surface area contributed by atoms with E-state index in [1.54, 1.807) is 17.0 Å². The Kier molecular flexibility index (Phi) is 4.60. The Labute approximate surface area is 120 Å². The fraction of sp³-hybridized carbons (Fsp3) is 0.143. The molecular weight excluding hydrogens is 274 g/mol. The van der Waals surface area contributed by atoms with Crippen LogP contribution in [-0.2, 0) is 11.1 Å². The Morgan fingerprint density at radius 2 is 1.75 bits per heavy atom. The van der Waals surface area contributed by atoms with E-state index in [1.165, 1.54) is 6.07 Å². The maximum Gasteiger partial charge on any atom is 0.109 e. The van der Waals surface area contributed by atoms with Gasteiger partial charge in [-0.15, -0.1) is 5.11 Å². The summed E-state index contributed by atoms with van der Waals surface area (Å²) in [6.07, 6.45) is 0. The van der Waals surface area contributed by atoms with Gasteiger partial charge in [-0.25, -0.2) is 0 Å². The molecule has 0 fully saturated rings. The number of azo groups is 1. The summed E-state index contributed by atoms with van der Waals surface area (Å²) in [5.74, 6) is 0. The first-order valence-electron chi connectivity index (χ1n) is 5.95. The molecule has 2 rings (SSSR count). The summed E-state index contributed by atoms with van der Waals surface area (Å²) < 4.78 is 22.0. The zero-order valence-electron chi connectivity index (χ0n) is 11.2. The molecule has 0 aliphatic rings. The summed E-state index contributed by atoms with van der Waals surface area (Å²) in [6.45, 7) is 0. The third kappa shape index (κ3) is 3.49. The lowest BCUT2D eigenvalue weighted by atomic mass is 10.2. The van der Waals surface area contributed by atoms with Gasteiger partial charge in [0.25, 0.3) is 0 Å². The Bertz CT molecular complexity index is 642. The third-order valence-corrected chi connectivity index (χ3v) is 3.29. The summed E-state index contributed by atoms with van der Waals surface area (Å²) >= 11 is -2.25. The summed E-state index contributed by atoms with van der Waals surface area (Å²) in [4.78, 5) is 2.03. The summed E-state index contributed by atoms with van der Waals surface area (Å²) in [6, 6.07) is 14.1. The molecule has 1 atom stereocenters. The summed E-state index contributed by atoms with van der Waals surface area (Å²) in [5, 5.41) is 8.32. The highest BCUT2D eigenvalue weighted by atomic mass is 32.2. The number of benzene rings is 2. The van der Waals surface area contributed by atoms with E-state index >= 15 is 0 Å². The normalized spacial score (nSPS) is 12.6. The van der Waals surface area contributed by atoms with Gasteiger partial charge in [-0.05, 0) is 41.4 Å². The van der Waals surface area contributed by atoms with Crippen LogP contribution in [0.15, 0.2) is 63.7 Å². The van der Waals surface area contributed by atoms with E-state index in [0.717, 1.165) is 5.69 Å². The highest BCUT2D eigenvalue weighted by Gasteiger charge is 2.06. The highest BCUT2D eigenvalue weighted by molar-refractivity contribution is 7.79. The second-order valence-corrected chi connectivity index (χ2v) is 5.26. The molecule has 0 radical (unpaired) electrons. The number of rotatable bonds is 4. The fourth-order valence-corrected chi connectivity index (χ4v) is 2.04. The van der Waals surface area contributed by atoms with Crippen molar-refractivity contribution >= 4 is 28.1 Å². The standard InChI is InChI=1S/C14H15N3O2S/c1-17(2)14-10-12(20(18)19)8-9-13(14)16-15-11-6-4-3-5-7-11/h3-10H,1-2H3,(H,18,19)/p-1. The van der Waals surface area contributed by atoms with Crippen LogP contribution >= 0.6 is 0 Å². The fourth-order valence-electron chi connectivity index (χ4n) is 1.66. The van der Waals surface area contributed by atoms with Crippen molar-refractivity contribution in [2.24, 2.45) is 10.2 Å². The topological polar surface area (TPSA) is 68.1 Å². The molecule has 20 heavy (non-hydrogen) atoms. The zero-order chi connectivity index (χ0) is 14.5.